The van der Waals surface area contributed by atoms with E-state index < -0.39 is 5.97 Å². The van der Waals surface area contributed by atoms with Gasteiger partial charge >= 0.3 is 5.97 Å². The van der Waals surface area contributed by atoms with Gasteiger partial charge in [-0.05, 0) is 31.0 Å². The van der Waals surface area contributed by atoms with Crippen molar-refractivity contribution in [1.29, 1.82) is 0 Å². The van der Waals surface area contributed by atoms with Gasteiger partial charge in [0, 0.05) is 5.92 Å². The molecule has 0 unspecified atom stereocenters. The minimum atomic E-state index is -1.10. The third-order valence-electron chi connectivity index (χ3n) is 2.86. The fourth-order valence-electron chi connectivity index (χ4n) is 1.66. The average molecular weight is 251 g/mol. The second-order valence-electron chi connectivity index (χ2n) is 4.04. The molecule has 0 aromatic heterocycles. The van der Waals surface area contributed by atoms with Crippen LogP contribution in [0.15, 0.2) is 18.2 Å². The number of carboxylic acid groups (broad SMARTS) is 1. The number of benzene rings is 1. The van der Waals surface area contributed by atoms with Crippen molar-refractivity contribution in [3.05, 3.63) is 23.8 Å². The molecule has 0 saturated heterocycles. The van der Waals surface area contributed by atoms with Gasteiger partial charge in [0.25, 0.3) is 0 Å². The Balaban J connectivity index is 2.93. The van der Waals surface area contributed by atoms with Gasteiger partial charge in [0.1, 0.15) is 5.75 Å². The van der Waals surface area contributed by atoms with Crippen LogP contribution in [-0.2, 0) is 4.79 Å². The topological polar surface area (TPSA) is 86.6 Å². The van der Waals surface area contributed by atoms with Gasteiger partial charge in [0.05, 0.1) is 11.3 Å². The lowest BCUT2D eigenvalue weighted by Crippen LogP contribution is -2.21. The van der Waals surface area contributed by atoms with Crippen molar-refractivity contribution >= 4 is 17.6 Å². The number of phenols is 1. The maximum absolute atomic E-state index is 11.8. The molecule has 0 fully saturated rings. The molecular formula is C13H17NO4. The molecule has 0 spiro atoms. The van der Waals surface area contributed by atoms with Crippen molar-refractivity contribution in [3.63, 3.8) is 0 Å². The number of amides is 1. The highest BCUT2D eigenvalue weighted by atomic mass is 16.4. The smallest absolute Gasteiger partial charge is 0.335 e. The molecule has 5 nitrogen and oxygen atoms in total. The van der Waals surface area contributed by atoms with Crippen LogP contribution in [0, 0.1) is 5.92 Å². The fourth-order valence-corrected chi connectivity index (χ4v) is 1.66. The van der Waals surface area contributed by atoms with E-state index in [0.29, 0.717) is 12.8 Å². The van der Waals surface area contributed by atoms with Gasteiger partial charge in [0.2, 0.25) is 5.91 Å². The zero-order valence-corrected chi connectivity index (χ0v) is 10.4. The van der Waals surface area contributed by atoms with E-state index in [1.54, 1.807) is 0 Å². The fraction of sp³-hybridized carbons (Fsp3) is 0.385. The van der Waals surface area contributed by atoms with Gasteiger partial charge in [-0.1, -0.05) is 13.8 Å². The molecule has 5 heteroatoms. The summed E-state index contributed by atoms with van der Waals surface area (Å²) >= 11 is 0. The van der Waals surface area contributed by atoms with Crippen LogP contribution in [-0.4, -0.2) is 22.1 Å². The number of aromatic hydroxyl groups is 1. The first-order chi connectivity index (χ1) is 8.49. The van der Waals surface area contributed by atoms with Crippen LogP contribution in [0.25, 0.3) is 0 Å². The quantitative estimate of drug-likeness (QED) is 0.701. The Hall–Kier alpha value is -2.04. The number of rotatable bonds is 5. The summed E-state index contributed by atoms with van der Waals surface area (Å²) < 4.78 is 0. The van der Waals surface area contributed by atoms with Crippen molar-refractivity contribution < 1.29 is 19.8 Å². The van der Waals surface area contributed by atoms with Crippen LogP contribution in [0.3, 0.4) is 0 Å². The highest BCUT2D eigenvalue weighted by molar-refractivity contribution is 5.96. The summed E-state index contributed by atoms with van der Waals surface area (Å²) in [5.41, 5.74) is 0.152. The predicted octanol–water partition coefficient (Wildman–Crippen LogP) is 2.47. The third-order valence-corrected chi connectivity index (χ3v) is 2.86. The molecule has 0 atom stereocenters. The van der Waals surface area contributed by atoms with E-state index in [2.05, 4.69) is 5.32 Å². The Morgan fingerprint density at radius 2 is 1.89 bits per heavy atom. The first kappa shape index (κ1) is 14.0. The number of nitrogens with one attached hydrogen (secondary N) is 1. The molecule has 0 aliphatic rings. The number of carboxylic acids is 1. The number of carbonyl (C=O) groups is 2. The molecule has 0 saturated carbocycles. The van der Waals surface area contributed by atoms with Crippen molar-refractivity contribution in [2.24, 2.45) is 5.92 Å². The molecule has 1 rings (SSSR count). The van der Waals surface area contributed by atoms with Crippen molar-refractivity contribution in [2.45, 2.75) is 26.7 Å². The molecular weight excluding hydrogens is 234 g/mol. The van der Waals surface area contributed by atoms with Gasteiger partial charge in [-0.25, -0.2) is 4.79 Å². The zero-order chi connectivity index (χ0) is 13.7. The molecule has 1 amide bonds. The second kappa shape index (κ2) is 6.05. The summed E-state index contributed by atoms with van der Waals surface area (Å²) in [5, 5.41) is 21.0. The maximum atomic E-state index is 11.8. The minimum absolute atomic E-state index is 0.0210. The molecule has 0 bridgehead atoms. The van der Waals surface area contributed by atoms with E-state index in [-0.39, 0.29) is 28.8 Å². The molecule has 1 aromatic carbocycles. The maximum Gasteiger partial charge on any atom is 0.335 e. The van der Waals surface area contributed by atoms with Crippen molar-refractivity contribution in [2.75, 3.05) is 5.32 Å². The van der Waals surface area contributed by atoms with E-state index in [1.807, 2.05) is 13.8 Å². The Kier molecular flexibility index (Phi) is 4.71. The summed E-state index contributed by atoms with van der Waals surface area (Å²) in [4.78, 5) is 22.6. The standard InChI is InChI=1S/C13H17NO4/c1-3-8(4-2)12(16)14-10-7-9(13(17)18)5-6-11(10)15/h5-8,15H,3-4H2,1-2H3,(H,14,16)(H,17,18). The lowest BCUT2D eigenvalue weighted by Gasteiger charge is -2.14. The van der Waals surface area contributed by atoms with Crippen molar-refractivity contribution in [3.8, 4) is 5.75 Å². The lowest BCUT2D eigenvalue weighted by molar-refractivity contribution is -0.120. The number of anilines is 1. The Morgan fingerprint density at radius 3 is 2.39 bits per heavy atom. The predicted molar refractivity (Wildman–Crippen MR) is 67.8 cm³/mol. The van der Waals surface area contributed by atoms with Crippen molar-refractivity contribution in [1.82, 2.24) is 0 Å². The Morgan fingerprint density at radius 1 is 1.28 bits per heavy atom. The van der Waals surface area contributed by atoms with Gasteiger partial charge in [-0.15, -0.1) is 0 Å². The van der Waals surface area contributed by atoms with Gasteiger partial charge < -0.3 is 15.5 Å². The van der Waals surface area contributed by atoms with E-state index in [0.717, 1.165) is 0 Å². The first-order valence-corrected chi connectivity index (χ1v) is 5.86. The van der Waals surface area contributed by atoms with E-state index >= 15 is 0 Å². The summed E-state index contributed by atoms with van der Waals surface area (Å²) in [6, 6.07) is 3.79. The highest BCUT2D eigenvalue weighted by Crippen LogP contribution is 2.25. The number of hydrogen-bond acceptors (Lipinski definition) is 3. The molecule has 0 aliphatic carbocycles. The highest BCUT2D eigenvalue weighted by Gasteiger charge is 2.16. The Bertz CT molecular complexity index is 452. The van der Waals surface area contributed by atoms with E-state index in [9.17, 15) is 14.7 Å². The van der Waals surface area contributed by atoms with Gasteiger partial charge in [-0.3, -0.25) is 4.79 Å². The largest absolute Gasteiger partial charge is 0.506 e. The molecule has 0 aliphatic heterocycles. The summed E-state index contributed by atoms with van der Waals surface area (Å²) in [5.74, 6) is -1.59. The SMILES string of the molecule is CCC(CC)C(=O)Nc1cc(C(=O)O)ccc1O. The monoisotopic (exact) mass is 251 g/mol. The number of phenolic OH excluding ortho intramolecular Hbond substituents is 1. The minimum Gasteiger partial charge on any atom is -0.506 e. The van der Waals surface area contributed by atoms with Crippen LogP contribution in [0.2, 0.25) is 0 Å². The van der Waals surface area contributed by atoms with E-state index in [1.165, 1.54) is 18.2 Å². The molecule has 0 heterocycles. The Labute approximate surface area is 105 Å². The van der Waals surface area contributed by atoms with Gasteiger partial charge in [-0.2, -0.15) is 0 Å². The number of carbonyl (C=O) groups excluding carboxylic acids is 1. The lowest BCUT2D eigenvalue weighted by atomic mass is 10.0. The third kappa shape index (κ3) is 3.23. The summed E-state index contributed by atoms with van der Waals surface area (Å²) in [6.45, 7) is 3.81. The molecule has 1 aromatic rings. The van der Waals surface area contributed by atoms with Gasteiger partial charge in [0.15, 0.2) is 0 Å². The normalized spacial score (nSPS) is 10.4. The number of aromatic carboxylic acids is 1. The number of hydrogen-bond donors (Lipinski definition) is 3. The van der Waals surface area contributed by atoms with Crippen LogP contribution in [0.1, 0.15) is 37.0 Å². The van der Waals surface area contributed by atoms with Crippen LogP contribution in [0.4, 0.5) is 5.69 Å². The second-order valence-corrected chi connectivity index (χ2v) is 4.04. The molecule has 0 radical (unpaired) electrons. The van der Waals surface area contributed by atoms with Crippen LogP contribution in [0.5, 0.6) is 5.75 Å². The zero-order valence-electron chi connectivity index (χ0n) is 10.4. The summed E-state index contributed by atoms with van der Waals surface area (Å²) in [6.07, 6.45) is 1.39. The molecule has 98 valence electrons. The van der Waals surface area contributed by atoms with Crippen LogP contribution < -0.4 is 5.32 Å². The van der Waals surface area contributed by atoms with E-state index in [4.69, 9.17) is 5.11 Å². The first-order valence-electron chi connectivity index (χ1n) is 5.86. The summed E-state index contributed by atoms with van der Waals surface area (Å²) in [7, 11) is 0. The molecule has 3 N–H and O–H groups in total. The average Bonchev–Trinajstić information content (AvgIpc) is 2.33. The molecule has 18 heavy (non-hydrogen) atoms. The van der Waals surface area contributed by atoms with Crippen LogP contribution >= 0.6 is 0 Å².